The van der Waals surface area contributed by atoms with E-state index in [0.717, 1.165) is 18.2 Å². The highest BCUT2D eigenvalue weighted by Crippen LogP contribution is 2.55. The van der Waals surface area contributed by atoms with Gasteiger partial charge in [0.25, 0.3) is 11.8 Å². The largest absolute Gasteiger partial charge is 0.416 e. The molecule has 6 rings (SSSR count). The number of alkyl halides is 3. The molecule has 4 aromatic rings. The fourth-order valence-electron chi connectivity index (χ4n) is 6.13. The van der Waals surface area contributed by atoms with Crippen LogP contribution in [0.5, 0.6) is 0 Å². The standard InChI is InChI=1S/C33H28F4N6O2/c1-3-42-30-26(28(32(16-17-32)41(2)19-38)40-43(30)24-10-5-4-6-11-24)25(20-12-14-23(34)15-13-20)27(31(42)45)39-29(44)21-8-7-9-22(18-21)33(35,36)37/h4-15,18,25,27H,3,16-17H2,1-2H3,(H,39,44)/t25-,27+/m1/s1. The topological polar surface area (TPSA) is 94.3 Å². The summed E-state index contributed by atoms with van der Waals surface area (Å²) in [5.74, 6) is -2.37. The quantitative estimate of drug-likeness (QED) is 0.163. The molecule has 2 amide bonds. The number of likely N-dealkylation sites (N-methyl/N-ethyl adjacent to an activating group) is 1. The van der Waals surface area contributed by atoms with E-state index in [9.17, 15) is 32.4 Å². The Morgan fingerprint density at radius 1 is 1.09 bits per heavy atom. The number of nitrogens with zero attached hydrogens (tertiary/aromatic N) is 5. The number of anilines is 1. The molecule has 2 atom stereocenters. The third-order valence-corrected chi connectivity index (χ3v) is 8.57. The Balaban J connectivity index is 1.58. The van der Waals surface area contributed by atoms with Gasteiger partial charge in [-0.05, 0) is 67.8 Å². The van der Waals surface area contributed by atoms with Crippen LogP contribution in [0.3, 0.4) is 0 Å². The number of halogens is 4. The van der Waals surface area contributed by atoms with Gasteiger partial charge in [0, 0.05) is 30.6 Å². The number of hydrogen-bond donors (Lipinski definition) is 1. The van der Waals surface area contributed by atoms with Crippen LogP contribution >= 0.6 is 0 Å². The maximum Gasteiger partial charge on any atom is 0.416 e. The van der Waals surface area contributed by atoms with Gasteiger partial charge >= 0.3 is 6.18 Å². The number of aromatic nitrogens is 2. The molecule has 1 N–H and O–H groups in total. The normalized spacial score (nSPS) is 18.6. The molecular weight excluding hydrogens is 588 g/mol. The molecule has 1 fully saturated rings. The Morgan fingerprint density at radius 2 is 1.78 bits per heavy atom. The van der Waals surface area contributed by atoms with Gasteiger partial charge in [-0.15, -0.1) is 0 Å². The second-order valence-electron chi connectivity index (χ2n) is 11.2. The fourth-order valence-corrected chi connectivity index (χ4v) is 6.13. The van der Waals surface area contributed by atoms with Crippen molar-refractivity contribution in [1.82, 2.24) is 20.0 Å². The van der Waals surface area contributed by atoms with E-state index in [1.54, 1.807) is 18.7 Å². The second-order valence-corrected chi connectivity index (χ2v) is 11.2. The zero-order chi connectivity index (χ0) is 32.1. The molecule has 0 spiro atoms. The summed E-state index contributed by atoms with van der Waals surface area (Å²) in [7, 11) is 1.66. The minimum Gasteiger partial charge on any atom is -0.339 e. The molecule has 1 aliphatic carbocycles. The van der Waals surface area contributed by atoms with Crippen molar-refractivity contribution >= 4 is 17.6 Å². The van der Waals surface area contributed by atoms with Crippen molar-refractivity contribution in [1.29, 1.82) is 5.26 Å². The van der Waals surface area contributed by atoms with Crippen LogP contribution in [-0.4, -0.2) is 46.1 Å². The molecule has 1 aromatic heterocycles. The van der Waals surface area contributed by atoms with Gasteiger partial charge in [-0.25, -0.2) is 9.07 Å². The summed E-state index contributed by atoms with van der Waals surface area (Å²) < 4.78 is 56.2. The summed E-state index contributed by atoms with van der Waals surface area (Å²) in [6.45, 7) is 1.94. The molecule has 1 saturated carbocycles. The minimum absolute atomic E-state index is 0.178. The van der Waals surface area contributed by atoms with Gasteiger partial charge in [0.05, 0.1) is 22.5 Å². The second kappa shape index (κ2) is 11.1. The molecule has 2 heterocycles. The van der Waals surface area contributed by atoms with Crippen LogP contribution in [0.1, 0.15) is 58.4 Å². The average molecular weight is 617 g/mol. The van der Waals surface area contributed by atoms with E-state index in [-0.39, 0.29) is 12.1 Å². The molecule has 45 heavy (non-hydrogen) atoms. The van der Waals surface area contributed by atoms with E-state index in [1.165, 1.54) is 40.1 Å². The van der Waals surface area contributed by atoms with E-state index in [2.05, 4.69) is 11.5 Å². The summed E-state index contributed by atoms with van der Waals surface area (Å²) in [6.07, 6.45) is -1.27. The van der Waals surface area contributed by atoms with Crippen molar-refractivity contribution < 1.29 is 27.2 Å². The first-order valence-corrected chi connectivity index (χ1v) is 14.4. The SMILES string of the molecule is CCN1C(=O)[C@@H](NC(=O)c2cccc(C(F)(F)F)c2)[C@H](c2ccc(F)cc2)c2c(C3(N(C)C#N)CC3)nn(-c3ccccc3)c21. The highest BCUT2D eigenvalue weighted by Gasteiger charge is 2.56. The molecule has 230 valence electrons. The monoisotopic (exact) mass is 616 g/mol. The van der Waals surface area contributed by atoms with Crippen LogP contribution in [0.2, 0.25) is 0 Å². The van der Waals surface area contributed by atoms with Gasteiger partial charge in [0.15, 0.2) is 6.19 Å². The molecule has 0 saturated heterocycles. The lowest BCUT2D eigenvalue weighted by Crippen LogP contribution is -2.55. The van der Waals surface area contributed by atoms with E-state index in [1.807, 2.05) is 30.3 Å². The van der Waals surface area contributed by atoms with Gasteiger partial charge in [0.2, 0.25) is 0 Å². The number of fused-ring (bicyclic) bond motifs is 1. The Kier molecular flexibility index (Phi) is 7.35. The third-order valence-electron chi connectivity index (χ3n) is 8.57. The van der Waals surface area contributed by atoms with Crippen LogP contribution in [0, 0.1) is 17.3 Å². The lowest BCUT2D eigenvalue weighted by Gasteiger charge is -2.39. The molecule has 0 radical (unpaired) electrons. The first-order chi connectivity index (χ1) is 21.5. The molecule has 2 aliphatic rings. The first-order valence-electron chi connectivity index (χ1n) is 14.4. The number of rotatable bonds is 7. The van der Waals surface area contributed by atoms with Crippen LogP contribution in [0.15, 0.2) is 78.9 Å². The molecule has 0 unspecified atom stereocenters. The number of amides is 2. The van der Waals surface area contributed by atoms with E-state index in [0.29, 0.717) is 41.2 Å². The van der Waals surface area contributed by atoms with Gasteiger partial charge in [-0.1, -0.05) is 36.4 Å². The van der Waals surface area contributed by atoms with Crippen molar-refractivity contribution in [2.75, 3.05) is 18.5 Å². The lowest BCUT2D eigenvalue weighted by atomic mass is 9.79. The average Bonchev–Trinajstić information content (AvgIpc) is 3.76. The molecule has 3 aromatic carbocycles. The van der Waals surface area contributed by atoms with Gasteiger partial charge in [-0.3, -0.25) is 14.5 Å². The maximum atomic E-state index is 14.4. The number of benzene rings is 3. The minimum atomic E-state index is -4.67. The van der Waals surface area contributed by atoms with Crippen molar-refractivity contribution in [3.05, 3.63) is 113 Å². The zero-order valence-corrected chi connectivity index (χ0v) is 24.3. The Morgan fingerprint density at radius 3 is 2.38 bits per heavy atom. The van der Waals surface area contributed by atoms with Crippen molar-refractivity contribution in [2.45, 2.75) is 43.4 Å². The van der Waals surface area contributed by atoms with Crippen molar-refractivity contribution in [3.8, 4) is 11.9 Å². The van der Waals surface area contributed by atoms with Crippen LogP contribution in [0.25, 0.3) is 5.69 Å². The zero-order valence-electron chi connectivity index (χ0n) is 24.3. The summed E-state index contributed by atoms with van der Waals surface area (Å²) in [5.41, 5.74) is 0.190. The molecular formula is C33H28F4N6O2. The highest BCUT2D eigenvalue weighted by atomic mass is 19.4. The predicted molar refractivity (Wildman–Crippen MR) is 157 cm³/mol. The third kappa shape index (κ3) is 5.08. The van der Waals surface area contributed by atoms with Crippen LogP contribution in [-0.2, 0) is 16.5 Å². The molecule has 0 bridgehead atoms. The number of nitriles is 1. The van der Waals surface area contributed by atoms with E-state index in [4.69, 9.17) is 5.10 Å². The number of carbonyl (C=O) groups is 2. The predicted octanol–water partition coefficient (Wildman–Crippen LogP) is 5.73. The van der Waals surface area contributed by atoms with Crippen LogP contribution < -0.4 is 10.2 Å². The summed E-state index contributed by atoms with van der Waals surface area (Å²) in [6, 6.07) is 17.3. The lowest BCUT2D eigenvalue weighted by molar-refractivity contribution is -0.137. The van der Waals surface area contributed by atoms with Gasteiger partial charge in [0.1, 0.15) is 17.7 Å². The Hall–Kier alpha value is -5.18. The number of carbonyl (C=O) groups excluding carboxylic acids is 2. The van der Waals surface area contributed by atoms with E-state index >= 15 is 0 Å². The summed E-state index contributed by atoms with van der Waals surface area (Å²) in [5, 5.41) is 17.7. The highest BCUT2D eigenvalue weighted by molar-refractivity contribution is 6.05. The number of para-hydroxylation sites is 1. The van der Waals surface area contributed by atoms with E-state index < -0.39 is 46.9 Å². The van der Waals surface area contributed by atoms with Gasteiger partial charge in [-0.2, -0.15) is 23.5 Å². The molecule has 12 heteroatoms. The summed E-state index contributed by atoms with van der Waals surface area (Å²) in [4.78, 5) is 30.9. The molecule has 1 aliphatic heterocycles. The Bertz CT molecular complexity index is 1810. The Labute approximate surface area is 256 Å². The van der Waals surface area contributed by atoms with Gasteiger partial charge < -0.3 is 10.2 Å². The van der Waals surface area contributed by atoms with Crippen LogP contribution in [0.4, 0.5) is 23.4 Å². The first kappa shape index (κ1) is 29.9. The fraction of sp³-hybridized carbons (Fsp3) is 0.273. The number of hydrogen-bond acceptors (Lipinski definition) is 5. The van der Waals surface area contributed by atoms with Crippen molar-refractivity contribution in [3.63, 3.8) is 0 Å². The molecule has 8 nitrogen and oxygen atoms in total. The number of nitrogens with one attached hydrogen (secondary N) is 1. The summed E-state index contributed by atoms with van der Waals surface area (Å²) >= 11 is 0. The van der Waals surface area contributed by atoms with Crippen molar-refractivity contribution in [2.24, 2.45) is 0 Å². The maximum absolute atomic E-state index is 14.4. The smallest absolute Gasteiger partial charge is 0.339 e.